The monoisotopic (exact) mass is 244 g/mol. The summed E-state index contributed by atoms with van der Waals surface area (Å²) in [5.41, 5.74) is 3.29. The predicted octanol–water partition coefficient (Wildman–Crippen LogP) is 2.95. The smallest absolute Gasteiger partial charge is 0.102 e. The number of nitrogens with one attached hydrogen (secondary N) is 1. The van der Waals surface area contributed by atoms with Gasteiger partial charge < -0.3 is 5.32 Å². The van der Waals surface area contributed by atoms with Crippen molar-refractivity contribution in [1.29, 1.82) is 0 Å². The molecule has 1 aromatic carbocycles. The topological polar surface area (TPSA) is 42.7 Å². The normalized spacial score (nSPS) is 11.6. The van der Waals surface area contributed by atoms with Gasteiger partial charge in [-0.05, 0) is 45.4 Å². The van der Waals surface area contributed by atoms with Crippen LogP contribution in [0.1, 0.15) is 32.0 Å². The fraction of sp³-hybridized carbons (Fsp3) is 0.429. The molecule has 0 aliphatic heterocycles. The van der Waals surface area contributed by atoms with Crippen molar-refractivity contribution in [2.45, 2.75) is 39.8 Å². The highest BCUT2D eigenvalue weighted by Gasteiger charge is 2.14. The standard InChI is InChI=1S/C14H20N4/c1-11-6-5-7-12(8-11)15-9-13-10-18(17-16-13)14(2,3)4/h5-8,10,15H,9H2,1-4H3. The number of rotatable bonds is 3. The van der Waals surface area contributed by atoms with E-state index in [0.717, 1.165) is 11.4 Å². The van der Waals surface area contributed by atoms with Gasteiger partial charge in [-0.3, -0.25) is 0 Å². The van der Waals surface area contributed by atoms with Gasteiger partial charge in [-0.1, -0.05) is 17.3 Å². The molecule has 1 N–H and O–H groups in total. The maximum Gasteiger partial charge on any atom is 0.102 e. The first kappa shape index (κ1) is 12.6. The number of anilines is 1. The number of benzene rings is 1. The Kier molecular flexibility index (Phi) is 3.36. The zero-order valence-electron chi connectivity index (χ0n) is 11.4. The van der Waals surface area contributed by atoms with Crippen LogP contribution in [-0.2, 0) is 12.1 Å². The van der Waals surface area contributed by atoms with Crippen molar-refractivity contribution in [3.05, 3.63) is 41.7 Å². The van der Waals surface area contributed by atoms with E-state index in [1.807, 2.05) is 16.9 Å². The fourth-order valence-electron chi connectivity index (χ4n) is 1.65. The lowest BCUT2D eigenvalue weighted by atomic mass is 10.1. The highest BCUT2D eigenvalue weighted by molar-refractivity contribution is 5.45. The molecule has 0 radical (unpaired) electrons. The number of hydrogen-bond donors (Lipinski definition) is 1. The van der Waals surface area contributed by atoms with E-state index < -0.39 is 0 Å². The van der Waals surface area contributed by atoms with E-state index in [0.29, 0.717) is 6.54 Å². The van der Waals surface area contributed by atoms with Crippen LogP contribution in [-0.4, -0.2) is 15.0 Å². The summed E-state index contributed by atoms with van der Waals surface area (Å²) in [4.78, 5) is 0. The highest BCUT2D eigenvalue weighted by Crippen LogP contribution is 2.13. The largest absolute Gasteiger partial charge is 0.379 e. The quantitative estimate of drug-likeness (QED) is 0.902. The van der Waals surface area contributed by atoms with Crippen molar-refractivity contribution in [1.82, 2.24) is 15.0 Å². The summed E-state index contributed by atoms with van der Waals surface area (Å²) in [6.07, 6.45) is 1.99. The summed E-state index contributed by atoms with van der Waals surface area (Å²) < 4.78 is 1.89. The molecule has 1 aromatic heterocycles. The van der Waals surface area contributed by atoms with E-state index in [-0.39, 0.29) is 5.54 Å². The Hall–Kier alpha value is -1.84. The minimum atomic E-state index is -0.0193. The summed E-state index contributed by atoms with van der Waals surface area (Å²) in [5.74, 6) is 0. The lowest BCUT2D eigenvalue weighted by Gasteiger charge is -2.17. The molecule has 0 bridgehead atoms. The Balaban J connectivity index is 2.01. The molecule has 0 atom stereocenters. The van der Waals surface area contributed by atoms with E-state index in [4.69, 9.17) is 0 Å². The van der Waals surface area contributed by atoms with Crippen molar-refractivity contribution in [3.8, 4) is 0 Å². The predicted molar refractivity (Wildman–Crippen MR) is 73.5 cm³/mol. The van der Waals surface area contributed by atoms with Gasteiger partial charge in [-0.25, -0.2) is 4.68 Å². The molecular formula is C14H20N4. The third-order valence-electron chi connectivity index (χ3n) is 2.72. The Bertz CT molecular complexity index is 523. The lowest BCUT2D eigenvalue weighted by molar-refractivity contribution is 0.347. The van der Waals surface area contributed by atoms with Gasteiger partial charge in [0.15, 0.2) is 0 Å². The van der Waals surface area contributed by atoms with Crippen LogP contribution in [0.3, 0.4) is 0 Å². The summed E-state index contributed by atoms with van der Waals surface area (Å²) in [6, 6.07) is 8.31. The fourth-order valence-corrected chi connectivity index (χ4v) is 1.65. The van der Waals surface area contributed by atoms with Crippen LogP contribution in [0.5, 0.6) is 0 Å². The molecule has 4 heteroatoms. The van der Waals surface area contributed by atoms with E-state index >= 15 is 0 Å². The van der Waals surface area contributed by atoms with Crippen molar-refractivity contribution in [2.75, 3.05) is 5.32 Å². The maximum atomic E-state index is 4.17. The van der Waals surface area contributed by atoms with Crippen molar-refractivity contribution < 1.29 is 0 Å². The zero-order valence-corrected chi connectivity index (χ0v) is 11.4. The Labute approximate surface area is 108 Å². The van der Waals surface area contributed by atoms with Crippen LogP contribution in [0.4, 0.5) is 5.69 Å². The highest BCUT2D eigenvalue weighted by atomic mass is 15.4. The van der Waals surface area contributed by atoms with Gasteiger partial charge in [0.2, 0.25) is 0 Å². The van der Waals surface area contributed by atoms with Gasteiger partial charge in [0.05, 0.1) is 18.3 Å². The SMILES string of the molecule is Cc1cccc(NCc2cn(C(C)(C)C)nn2)c1. The molecule has 0 saturated heterocycles. The van der Waals surface area contributed by atoms with Crippen molar-refractivity contribution in [2.24, 2.45) is 0 Å². The molecule has 18 heavy (non-hydrogen) atoms. The summed E-state index contributed by atoms with van der Waals surface area (Å²) in [5, 5.41) is 11.7. The van der Waals surface area contributed by atoms with Gasteiger partial charge in [-0.15, -0.1) is 5.10 Å². The Morgan fingerprint density at radius 1 is 1.28 bits per heavy atom. The minimum Gasteiger partial charge on any atom is -0.379 e. The number of aromatic nitrogens is 3. The molecule has 0 aliphatic rings. The molecule has 96 valence electrons. The molecule has 0 amide bonds. The van der Waals surface area contributed by atoms with E-state index in [1.165, 1.54) is 5.56 Å². The van der Waals surface area contributed by atoms with Gasteiger partial charge in [0.25, 0.3) is 0 Å². The van der Waals surface area contributed by atoms with E-state index in [9.17, 15) is 0 Å². The number of hydrogen-bond acceptors (Lipinski definition) is 3. The first-order valence-corrected chi connectivity index (χ1v) is 6.17. The Morgan fingerprint density at radius 3 is 2.67 bits per heavy atom. The lowest BCUT2D eigenvalue weighted by Crippen LogP contribution is -2.22. The minimum absolute atomic E-state index is 0.0193. The number of nitrogens with zero attached hydrogens (tertiary/aromatic N) is 3. The van der Waals surface area contributed by atoms with Gasteiger partial charge >= 0.3 is 0 Å². The molecule has 0 unspecified atom stereocenters. The molecule has 2 rings (SSSR count). The van der Waals surface area contributed by atoms with Crippen LogP contribution in [0.2, 0.25) is 0 Å². The van der Waals surface area contributed by atoms with Crippen molar-refractivity contribution in [3.63, 3.8) is 0 Å². The first-order chi connectivity index (χ1) is 8.45. The Morgan fingerprint density at radius 2 is 2.06 bits per heavy atom. The molecular weight excluding hydrogens is 224 g/mol. The van der Waals surface area contributed by atoms with Gasteiger partial charge in [-0.2, -0.15) is 0 Å². The second-order valence-electron chi connectivity index (χ2n) is 5.55. The van der Waals surface area contributed by atoms with Crippen LogP contribution < -0.4 is 5.32 Å². The average molecular weight is 244 g/mol. The van der Waals surface area contributed by atoms with Gasteiger partial charge in [0.1, 0.15) is 5.69 Å². The van der Waals surface area contributed by atoms with Crippen LogP contribution in [0.25, 0.3) is 0 Å². The first-order valence-electron chi connectivity index (χ1n) is 6.17. The molecule has 0 spiro atoms. The second-order valence-corrected chi connectivity index (χ2v) is 5.55. The molecule has 2 aromatic rings. The summed E-state index contributed by atoms with van der Waals surface area (Å²) in [6.45, 7) is 9.11. The summed E-state index contributed by atoms with van der Waals surface area (Å²) in [7, 11) is 0. The third-order valence-corrected chi connectivity index (χ3v) is 2.72. The summed E-state index contributed by atoms with van der Waals surface area (Å²) >= 11 is 0. The van der Waals surface area contributed by atoms with Crippen LogP contribution in [0, 0.1) is 6.92 Å². The van der Waals surface area contributed by atoms with E-state index in [1.54, 1.807) is 0 Å². The molecule has 4 nitrogen and oxygen atoms in total. The third kappa shape index (κ3) is 3.09. The van der Waals surface area contributed by atoms with Crippen LogP contribution >= 0.6 is 0 Å². The second kappa shape index (κ2) is 4.80. The van der Waals surface area contributed by atoms with Crippen molar-refractivity contribution >= 4 is 5.69 Å². The average Bonchev–Trinajstić information content (AvgIpc) is 2.74. The molecule has 0 saturated carbocycles. The zero-order chi connectivity index (χ0) is 13.2. The number of aryl methyl sites for hydroxylation is 1. The van der Waals surface area contributed by atoms with E-state index in [2.05, 4.69) is 61.5 Å². The van der Waals surface area contributed by atoms with Gasteiger partial charge in [0, 0.05) is 5.69 Å². The molecule has 1 heterocycles. The molecule has 0 aliphatic carbocycles. The van der Waals surface area contributed by atoms with Crippen LogP contribution in [0.15, 0.2) is 30.5 Å². The maximum absolute atomic E-state index is 4.17. The molecule has 0 fully saturated rings.